The van der Waals surface area contributed by atoms with Crippen LogP contribution >= 0.6 is 0 Å². The lowest BCUT2D eigenvalue weighted by Crippen LogP contribution is -2.34. The van der Waals surface area contributed by atoms with Crippen molar-refractivity contribution >= 4 is 11.8 Å². The smallest absolute Gasteiger partial charge is 0.254 e. The van der Waals surface area contributed by atoms with Crippen molar-refractivity contribution in [1.82, 2.24) is 10.2 Å². The maximum atomic E-state index is 12.2. The Balaban J connectivity index is 1.83. The number of carbonyl (C=O) groups excluding carboxylic acids is 2. The molecule has 0 aliphatic rings. The number of rotatable bonds is 7. The molecule has 2 aromatic rings. The Hall–Kier alpha value is -3.07. The molecule has 1 heterocycles. The van der Waals surface area contributed by atoms with Crippen molar-refractivity contribution in [3.63, 3.8) is 0 Å². The van der Waals surface area contributed by atoms with Gasteiger partial charge in [0.25, 0.3) is 5.91 Å². The number of amides is 2. The minimum atomic E-state index is -0.290. The van der Waals surface area contributed by atoms with E-state index in [-0.39, 0.29) is 31.3 Å². The predicted molar refractivity (Wildman–Crippen MR) is 83.1 cm³/mol. The van der Waals surface area contributed by atoms with Gasteiger partial charge in [0, 0.05) is 19.5 Å². The quantitative estimate of drug-likeness (QED) is 0.792. The van der Waals surface area contributed by atoms with Gasteiger partial charge in [0.05, 0.1) is 17.9 Å². The summed E-state index contributed by atoms with van der Waals surface area (Å²) in [5.41, 5.74) is 1.37. The molecule has 0 fully saturated rings. The number of furan rings is 1. The SMILES string of the molecule is N#CCN(Cc1ccccc1)C(=O)CCNC(=O)c1ccoc1. The van der Waals surface area contributed by atoms with Crippen LogP contribution in [-0.2, 0) is 11.3 Å². The molecule has 6 heteroatoms. The molecule has 2 amide bonds. The summed E-state index contributed by atoms with van der Waals surface area (Å²) < 4.78 is 4.83. The van der Waals surface area contributed by atoms with E-state index in [4.69, 9.17) is 9.68 Å². The molecule has 0 aliphatic carbocycles. The van der Waals surface area contributed by atoms with Crippen LogP contribution in [0.4, 0.5) is 0 Å². The summed E-state index contributed by atoms with van der Waals surface area (Å²) in [6.07, 6.45) is 2.89. The van der Waals surface area contributed by atoms with Crippen LogP contribution in [0.5, 0.6) is 0 Å². The highest BCUT2D eigenvalue weighted by molar-refractivity contribution is 5.94. The lowest BCUT2D eigenvalue weighted by molar-refractivity contribution is -0.131. The van der Waals surface area contributed by atoms with E-state index < -0.39 is 0 Å². The molecule has 0 aliphatic heterocycles. The Morgan fingerprint density at radius 1 is 1.22 bits per heavy atom. The zero-order chi connectivity index (χ0) is 16.5. The zero-order valence-corrected chi connectivity index (χ0v) is 12.6. The average Bonchev–Trinajstić information content (AvgIpc) is 3.10. The molecular formula is C17H17N3O3. The van der Waals surface area contributed by atoms with Crippen molar-refractivity contribution in [2.45, 2.75) is 13.0 Å². The van der Waals surface area contributed by atoms with E-state index in [1.54, 1.807) is 6.07 Å². The molecule has 1 aromatic carbocycles. The Labute approximate surface area is 134 Å². The summed E-state index contributed by atoms with van der Waals surface area (Å²) in [5, 5.41) is 11.5. The second kappa shape index (κ2) is 8.39. The second-order valence-electron chi connectivity index (χ2n) is 4.91. The van der Waals surface area contributed by atoms with E-state index in [0.717, 1.165) is 5.56 Å². The van der Waals surface area contributed by atoms with Gasteiger partial charge in [-0.2, -0.15) is 5.26 Å². The number of benzene rings is 1. The Morgan fingerprint density at radius 2 is 2.00 bits per heavy atom. The van der Waals surface area contributed by atoms with Crippen LogP contribution in [0.3, 0.4) is 0 Å². The second-order valence-corrected chi connectivity index (χ2v) is 4.91. The number of nitriles is 1. The summed E-state index contributed by atoms with van der Waals surface area (Å²) >= 11 is 0. The van der Waals surface area contributed by atoms with Crippen LogP contribution in [0, 0.1) is 11.3 Å². The van der Waals surface area contributed by atoms with Gasteiger partial charge in [-0.25, -0.2) is 0 Å². The molecule has 1 aromatic heterocycles. The lowest BCUT2D eigenvalue weighted by atomic mass is 10.2. The van der Waals surface area contributed by atoms with Gasteiger partial charge in [0.15, 0.2) is 0 Å². The predicted octanol–water partition coefficient (Wildman–Crippen LogP) is 1.95. The molecule has 0 saturated carbocycles. The highest BCUT2D eigenvalue weighted by Crippen LogP contribution is 2.06. The first-order valence-corrected chi connectivity index (χ1v) is 7.19. The molecule has 0 atom stereocenters. The molecule has 0 bridgehead atoms. The fraction of sp³-hybridized carbons (Fsp3) is 0.235. The van der Waals surface area contributed by atoms with Gasteiger partial charge >= 0.3 is 0 Å². The van der Waals surface area contributed by atoms with Gasteiger partial charge in [0.1, 0.15) is 12.8 Å². The largest absolute Gasteiger partial charge is 0.472 e. The molecule has 1 N–H and O–H groups in total. The van der Waals surface area contributed by atoms with E-state index in [1.807, 2.05) is 36.4 Å². The topological polar surface area (TPSA) is 86.3 Å². The Kier molecular flexibility index (Phi) is 5.95. The average molecular weight is 311 g/mol. The summed E-state index contributed by atoms with van der Waals surface area (Å²) in [6.45, 7) is 0.603. The third-order valence-corrected chi connectivity index (χ3v) is 3.24. The third kappa shape index (κ3) is 5.00. The molecule has 0 saturated heterocycles. The fourth-order valence-corrected chi connectivity index (χ4v) is 2.06. The summed E-state index contributed by atoms with van der Waals surface area (Å²) in [4.78, 5) is 25.4. The molecule has 2 rings (SSSR count). The van der Waals surface area contributed by atoms with Crippen LogP contribution in [0.25, 0.3) is 0 Å². The number of nitrogens with one attached hydrogen (secondary N) is 1. The Bertz CT molecular complexity index is 675. The van der Waals surface area contributed by atoms with Crippen LogP contribution in [0.15, 0.2) is 53.3 Å². The van der Waals surface area contributed by atoms with Crippen LogP contribution in [0.1, 0.15) is 22.3 Å². The summed E-state index contributed by atoms with van der Waals surface area (Å²) in [7, 11) is 0. The monoisotopic (exact) mass is 311 g/mol. The number of carbonyl (C=O) groups is 2. The summed E-state index contributed by atoms with van der Waals surface area (Å²) in [6, 6.07) is 13.0. The molecule has 118 valence electrons. The van der Waals surface area contributed by atoms with Crippen molar-refractivity contribution in [2.75, 3.05) is 13.1 Å². The highest BCUT2D eigenvalue weighted by atomic mass is 16.3. The van der Waals surface area contributed by atoms with E-state index in [0.29, 0.717) is 12.1 Å². The van der Waals surface area contributed by atoms with Gasteiger partial charge in [-0.05, 0) is 11.6 Å². The number of hydrogen-bond acceptors (Lipinski definition) is 4. The van der Waals surface area contributed by atoms with Gasteiger partial charge in [-0.3, -0.25) is 9.59 Å². The standard InChI is InChI=1S/C17H17N3O3/c18-8-10-20(12-14-4-2-1-3-5-14)16(21)6-9-19-17(22)15-7-11-23-13-15/h1-5,7,11,13H,6,9-10,12H2,(H,19,22). The van der Waals surface area contributed by atoms with E-state index in [2.05, 4.69) is 5.32 Å². The number of hydrogen-bond donors (Lipinski definition) is 1. The number of nitrogens with zero attached hydrogens (tertiary/aromatic N) is 2. The molecule has 0 radical (unpaired) electrons. The van der Waals surface area contributed by atoms with Crippen molar-refractivity contribution in [3.05, 3.63) is 60.1 Å². The van der Waals surface area contributed by atoms with Crippen LogP contribution < -0.4 is 5.32 Å². The minimum absolute atomic E-state index is 0.0173. The van der Waals surface area contributed by atoms with E-state index >= 15 is 0 Å². The first-order chi connectivity index (χ1) is 11.2. The van der Waals surface area contributed by atoms with Crippen molar-refractivity contribution in [3.8, 4) is 6.07 Å². The minimum Gasteiger partial charge on any atom is -0.472 e. The fourth-order valence-electron chi connectivity index (χ4n) is 2.06. The van der Waals surface area contributed by atoms with Gasteiger partial charge in [-0.1, -0.05) is 30.3 Å². The van der Waals surface area contributed by atoms with E-state index in [9.17, 15) is 9.59 Å². The maximum absolute atomic E-state index is 12.2. The molecule has 0 unspecified atom stereocenters. The normalized spacial score (nSPS) is 9.87. The lowest BCUT2D eigenvalue weighted by Gasteiger charge is -2.19. The molecule has 23 heavy (non-hydrogen) atoms. The van der Waals surface area contributed by atoms with Gasteiger partial charge < -0.3 is 14.6 Å². The zero-order valence-electron chi connectivity index (χ0n) is 12.6. The molecule has 0 spiro atoms. The first kappa shape index (κ1) is 16.3. The highest BCUT2D eigenvalue weighted by Gasteiger charge is 2.14. The first-order valence-electron chi connectivity index (χ1n) is 7.19. The van der Waals surface area contributed by atoms with Gasteiger partial charge in [-0.15, -0.1) is 0 Å². The molecule has 6 nitrogen and oxygen atoms in total. The summed E-state index contributed by atoms with van der Waals surface area (Å²) in [5.74, 6) is -0.468. The maximum Gasteiger partial charge on any atom is 0.254 e. The van der Waals surface area contributed by atoms with Crippen molar-refractivity contribution in [1.29, 1.82) is 5.26 Å². The van der Waals surface area contributed by atoms with E-state index in [1.165, 1.54) is 17.4 Å². The van der Waals surface area contributed by atoms with Crippen LogP contribution in [0.2, 0.25) is 0 Å². The van der Waals surface area contributed by atoms with Gasteiger partial charge in [0.2, 0.25) is 5.91 Å². The molecular weight excluding hydrogens is 294 g/mol. The Morgan fingerprint density at radius 3 is 2.65 bits per heavy atom. The van der Waals surface area contributed by atoms with Crippen molar-refractivity contribution < 1.29 is 14.0 Å². The third-order valence-electron chi connectivity index (χ3n) is 3.24. The van der Waals surface area contributed by atoms with Crippen molar-refractivity contribution in [2.24, 2.45) is 0 Å². The van der Waals surface area contributed by atoms with Crippen LogP contribution in [-0.4, -0.2) is 29.8 Å².